The molecule has 6 heteroatoms. The number of aryl methyl sites for hydroxylation is 1. The fraction of sp³-hybridized carbons (Fsp3) is 0.308. The number of hydrogen-bond donors (Lipinski definition) is 2. The van der Waals surface area contributed by atoms with Crippen LogP contribution in [0.25, 0.3) is 0 Å². The monoisotopic (exact) mass is 262 g/mol. The number of fused-ring (bicyclic) bond motifs is 1. The number of aliphatic carboxylic acids is 1. The van der Waals surface area contributed by atoms with Gasteiger partial charge in [0.15, 0.2) is 0 Å². The van der Waals surface area contributed by atoms with Crippen LogP contribution < -0.4 is 10.2 Å². The second-order valence-electron chi connectivity index (χ2n) is 4.40. The molecule has 2 rings (SSSR count). The van der Waals surface area contributed by atoms with Crippen molar-refractivity contribution in [2.24, 2.45) is 0 Å². The highest BCUT2D eigenvalue weighted by Crippen LogP contribution is 2.27. The predicted molar refractivity (Wildman–Crippen MR) is 67.7 cm³/mol. The van der Waals surface area contributed by atoms with Crippen molar-refractivity contribution in [3.63, 3.8) is 0 Å². The lowest BCUT2D eigenvalue weighted by molar-refractivity contribution is -0.150. The summed E-state index contributed by atoms with van der Waals surface area (Å²) in [4.78, 5) is 34.5. The molecule has 0 saturated heterocycles. The van der Waals surface area contributed by atoms with Crippen molar-refractivity contribution in [1.29, 1.82) is 0 Å². The van der Waals surface area contributed by atoms with Gasteiger partial charge in [0, 0.05) is 25.7 Å². The van der Waals surface area contributed by atoms with Gasteiger partial charge in [-0.05, 0) is 23.6 Å². The average Bonchev–Trinajstić information content (AvgIpc) is 2.40. The molecule has 0 aliphatic carbocycles. The molecule has 2 amide bonds. The van der Waals surface area contributed by atoms with Gasteiger partial charge in [-0.3, -0.25) is 9.59 Å². The first kappa shape index (κ1) is 13.1. The normalized spacial score (nSPS) is 13.9. The lowest BCUT2D eigenvalue weighted by Gasteiger charge is -2.26. The number of amides is 2. The molecule has 1 aromatic carbocycles. The number of nitrogens with one attached hydrogen (secondary N) is 1. The van der Waals surface area contributed by atoms with Crippen LogP contribution in [0.2, 0.25) is 0 Å². The van der Waals surface area contributed by atoms with Crippen molar-refractivity contribution >= 4 is 23.5 Å². The molecule has 1 aromatic rings. The first-order valence-corrected chi connectivity index (χ1v) is 5.88. The molecule has 6 nitrogen and oxygen atoms in total. The van der Waals surface area contributed by atoms with Crippen LogP contribution in [0.3, 0.4) is 0 Å². The Morgan fingerprint density at radius 1 is 1.37 bits per heavy atom. The number of hydrogen-bond acceptors (Lipinski definition) is 3. The second kappa shape index (κ2) is 5.09. The van der Waals surface area contributed by atoms with E-state index in [0.29, 0.717) is 12.8 Å². The molecule has 0 fully saturated rings. The molecule has 100 valence electrons. The van der Waals surface area contributed by atoms with E-state index in [-0.39, 0.29) is 12.5 Å². The Balaban J connectivity index is 2.12. The molecule has 0 atom stereocenters. The zero-order chi connectivity index (χ0) is 14.0. The molecule has 2 N–H and O–H groups in total. The number of anilines is 1. The fourth-order valence-corrected chi connectivity index (χ4v) is 2.08. The highest BCUT2D eigenvalue weighted by atomic mass is 16.4. The highest BCUT2D eigenvalue weighted by Gasteiger charge is 2.20. The van der Waals surface area contributed by atoms with Gasteiger partial charge in [0.1, 0.15) is 0 Å². The molecule has 0 saturated carbocycles. The van der Waals surface area contributed by atoms with Crippen molar-refractivity contribution in [1.82, 2.24) is 5.32 Å². The number of nitrogens with zero attached hydrogens (tertiary/aromatic N) is 1. The van der Waals surface area contributed by atoms with E-state index in [0.717, 1.165) is 16.8 Å². The molecule has 1 aliphatic heterocycles. The Bertz CT molecular complexity index is 554. The summed E-state index contributed by atoms with van der Waals surface area (Å²) < 4.78 is 0. The largest absolute Gasteiger partial charge is 0.474 e. The maximum atomic E-state index is 11.5. The summed E-state index contributed by atoms with van der Waals surface area (Å²) in [7, 11) is 1.73. The number of carboxylic acid groups (broad SMARTS) is 1. The minimum absolute atomic E-state index is 0.0828. The number of rotatable bonds is 2. The van der Waals surface area contributed by atoms with Crippen molar-refractivity contribution < 1.29 is 19.5 Å². The summed E-state index contributed by atoms with van der Waals surface area (Å²) in [6.07, 6.45) is 1.13. The fourth-order valence-electron chi connectivity index (χ4n) is 2.08. The lowest BCUT2D eigenvalue weighted by Crippen LogP contribution is -2.32. The summed E-state index contributed by atoms with van der Waals surface area (Å²) in [6, 6.07) is 5.48. The van der Waals surface area contributed by atoms with Gasteiger partial charge in [-0.2, -0.15) is 0 Å². The summed E-state index contributed by atoms with van der Waals surface area (Å²) in [5.74, 6) is -2.44. The third kappa shape index (κ3) is 2.73. The van der Waals surface area contributed by atoms with Crippen LogP contribution in [-0.2, 0) is 27.3 Å². The zero-order valence-corrected chi connectivity index (χ0v) is 10.5. The summed E-state index contributed by atoms with van der Waals surface area (Å²) in [5.41, 5.74) is 2.71. The van der Waals surface area contributed by atoms with E-state index in [1.54, 1.807) is 18.0 Å². The van der Waals surface area contributed by atoms with Crippen molar-refractivity contribution in [3.05, 3.63) is 29.3 Å². The van der Waals surface area contributed by atoms with Crippen molar-refractivity contribution in [2.45, 2.75) is 19.4 Å². The van der Waals surface area contributed by atoms with Gasteiger partial charge in [-0.25, -0.2) is 4.79 Å². The topological polar surface area (TPSA) is 86.7 Å². The van der Waals surface area contributed by atoms with E-state index in [1.807, 2.05) is 12.1 Å². The van der Waals surface area contributed by atoms with Crippen LogP contribution in [0.15, 0.2) is 18.2 Å². The first-order chi connectivity index (χ1) is 8.99. The van der Waals surface area contributed by atoms with Crippen LogP contribution >= 0.6 is 0 Å². The molecule has 19 heavy (non-hydrogen) atoms. The van der Waals surface area contributed by atoms with Gasteiger partial charge >= 0.3 is 11.9 Å². The summed E-state index contributed by atoms with van der Waals surface area (Å²) in [5, 5.41) is 10.8. The standard InChI is InChI=1S/C13H14N2O4/c1-15-10-4-2-8(7-14-12(17)13(18)19)6-9(10)3-5-11(15)16/h2,4,6H,3,5,7H2,1H3,(H,14,17)(H,18,19). The first-order valence-electron chi connectivity index (χ1n) is 5.88. The van der Waals surface area contributed by atoms with Gasteiger partial charge < -0.3 is 15.3 Å². The van der Waals surface area contributed by atoms with E-state index in [1.165, 1.54) is 0 Å². The minimum atomic E-state index is -1.50. The molecule has 0 spiro atoms. The predicted octanol–water partition coefficient (Wildman–Crippen LogP) is 0.296. The van der Waals surface area contributed by atoms with Gasteiger partial charge in [0.05, 0.1) is 0 Å². The van der Waals surface area contributed by atoms with Gasteiger partial charge in [-0.15, -0.1) is 0 Å². The number of benzene rings is 1. The Morgan fingerprint density at radius 3 is 2.79 bits per heavy atom. The molecule has 0 aromatic heterocycles. The van der Waals surface area contributed by atoms with Crippen LogP contribution in [0.5, 0.6) is 0 Å². The smallest absolute Gasteiger partial charge is 0.394 e. The van der Waals surface area contributed by atoms with Crippen LogP contribution in [0.4, 0.5) is 5.69 Å². The Hall–Kier alpha value is -2.37. The minimum Gasteiger partial charge on any atom is -0.474 e. The number of carbonyl (C=O) groups excluding carboxylic acids is 2. The van der Waals surface area contributed by atoms with Crippen LogP contribution in [-0.4, -0.2) is 29.9 Å². The van der Waals surface area contributed by atoms with E-state index in [9.17, 15) is 14.4 Å². The Labute approximate surface area is 110 Å². The zero-order valence-electron chi connectivity index (χ0n) is 10.5. The lowest BCUT2D eigenvalue weighted by atomic mass is 9.99. The van der Waals surface area contributed by atoms with E-state index >= 15 is 0 Å². The molecular weight excluding hydrogens is 248 g/mol. The molecule has 1 heterocycles. The van der Waals surface area contributed by atoms with E-state index < -0.39 is 11.9 Å². The van der Waals surface area contributed by atoms with E-state index in [4.69, 9.17) is 5.11 Å². The molecule has 0 radical (unpaired) electrons. The van der Waals surface area contributed by atoms with Gasteiger partial charge in [0.2, 0.25) is 5.91 Å². The van der Waals surface area contributed by atoms with Gasteiger partial charge in [0.25, 0.3) is 0 Å². The average molecular weight is 262 g/mol. The highest BCUT2D eigenvalue weighted by molar-refractivity contribution is 6.31. The summed E-state index contributed by atoms with van der Waals surface area (Å²) >= 11 is 0. The molecular formula is C13H14N2O4. The van der Waals surface area contributed by atoms with Crippen molar-refractivity contribution in [3.8, 4) is 0 Å². The maximum Gasteiger partial charge on any atom is 0.394 e. The maximum absolute atomic E-state index is 11.5. The number of carboxylic acids is 1. The Kier molecular flexibility index (Phi) is 3.50. The van der Waals surface area contributed by atoms with Gasteiger partial charge in [-0.1, -0.05) is 12.1 Å². The Morgan fingerprint density at radius 2 is 2.11 bits per heavy atom. The number of carbonyl (C=O) groups is 3. The van der Waals surface area contributed by atoms with Crippen LogP contribution in [0.1, 0.15) is 17.5 Å². The molecule has 1 aliphatic rings. The molecule has 0 unspecified atom stereocenters. The van der Waals surface area contributed by atoms with Crippen LogP contribution in [0, 0.1) is 0 Å². The third-order valence-electron chi connectivity index (χ3n) is 3.13. The second-order valence-corrected chi connectivity index (χ2v) is 4.40. The quantitative estimate of drug-likeness (QED) is 0.750. The van der Waals surface area contributed by atoms with E-state index in [2.05, 4.69) is 5.32 Å². The summed E-state index contributed by atoms with van der Waals surface area (Å²) in [6.45, 7) is 0.163. The SMILES string of the molecule is CN1C(=O)CCc2cc(CNC(=O)C(=O)O)ccc21. The third-order valence-corrected chi connectivity index (χ3v) is 3.13. The molecule has 0 bridgehead atoms. The van der Waals surface area contributed by atoms with Crippen molar-refractivity contribution in [2.75, 3.05) is 11.9 Å².